The first-order valence-electron chi connectivity index (χ1n) is 9.79. The number of aryl methyl sites for hydroxylation is 2. The maximum absolute atomic E-state index is 5.47. The molecule has 0 aliphatic heterocycles. The fraction of sp³-hybridized carbons (Fsp3) is 0.364. The molecule has 1 aromatic heterocycles. The Bertz CT molecular complexity index is 905. The van der Waals surface area contributed by atoms with Crippen LogP contribution >= 0.6 is 24.0 Å². The Morgan fingerprint density at radius 3 is 2.76 bits per heavy atom. The number of benzene rings is 2. The predicted molar refractivity (Wildman–Crippen MR) is 130 cm³/mol. The summed E-state index contributed by atoms with van der Waals surface area (Å²) in [6, 6.07) is 14.3. The highest BCUT2D eigenvalue weighted by Gasteiger charge is 2.05. The summed E-state index contributed by atoms with van der Waals surface area (Å²) in [6.45, 7) is 6.35. The summed E-state index contributed by atoms with van der Waals surface area (Å²) in [7, 11) is 1.70. The van der Waals surface area contributed by atoms with E-state index in [1.54, 1.807) is 7.11 Å². The third kappa shape index (κ3) is 6.62. The number of H-pyrrole nitrogens is 1. The van der Waals surface area contributed by atoms with Crippen molar-refractivity contribution in [1.29, 1.82) is 0 Å². The van der Waals surface area contributed by atoms with Crippen LogP contribution in [0.15, 0.2) is 47.5 Å². The number of guanidine groups is 1. The van der Waals surface area contributed by atoms with E-state index in [4.69, 9.17) is 9.73 Å². The van der Waals surface area contributed by atoms with Crippen molar-refractivity contribution in [3.05, 3.63) is 59.4 Å². The summed E-state index contributed by atoms with van der Waals surface area (Å²) in [5.41, 5.74) is 4.37. The number of methoxy groups -OCH3 is 1. The molecule has 0 fully saturated rings. The number of aromatic amines is 1. The largest absolute Gasteiger partial charge is 0.496 e. The van der Waals surface area contributed by atoms with Crippen molar-refractivity contribution in [3.63, 3.8) is 0 Å². The fourth-order valence-electron chi connectivity index (χ4n) is 3.08. The van der Waals surface area contributed by atoms with Crippen LogP contribution in [-0.4, -0.2) is 36.1 Å². The van der Waals surface area contributed by atoms with E-state index in [1.807, 2.05) is 24.3 Å². The van der Waals surface area contributed by atoms with E-state index in [1.165, 1.54) is 5.56 Å². The van der Waals surface area contributed by atoms with Crippen molar-refractivity contribution < 1.29 is 4.74 Å². The molecular formula is C22H30IN5O. The summed E-state index contributed by atoms with van der Waals surface area (Å²) in [4.78, 5) is 12.7. The van der Waals surface area contributed by atoms with E-state index in [0.29, 0.717) is 6.54 Å². The normalized spacial score (nSPS) is 11.2. The second-order valence-corrected chi connectivity index (χ2v) is 6.74. The minimum Gasteiger partial charge on any atom is -0.496 e. The fourth-order valence-corrected chi connectivity index (χ4v) is 3.08. The van der Waals surface area contributed by atoms with Crippen molar-refractivity contribution in [3.8, 4) is 5.75 Å². The van der Waals surface area contributed by atoms with Crippen molar-refractivity contribution in [2.45, 2.75) is 33.2 Å². The Balaban J connectivity index is 0.00000300. The number of nitrogens with one attached hydrogen (secondary N) is 3. The summed E-state index contributed by atoms with van der Waals surface area (Å²) in [5, 5.41) is 6.70. The van der Waals surface area contributed by atoms with Gasteiger partial charge in [-0.2, -0.15) is 0 Å². The van der Waals surface area contributed by atoms with Gasteiger partial charge in [-0.25, -0.2) is 9.98 Å². The average molecular weight is 507 g/mol. The summed E-state index contributed by atoms with van der Waals surface area (Å²) in [6.07, 6.45) is 1.87. The number of rotatable bonds is 8. The van der Waals surface area contributed by atoms with Gasteiger partial charge < -0.3 is 20.4 Å². The number of hydrogen-bond donors (Lipinski definition) is 3. The lowest BCUT2D eigenvalue weighted by Crippen LogP contribution is -2.37. The van der Waals surface area contributed by atoms with Crippen LogP contribution in [0.5, 0.6) is 5.75 Å². The molecule has 3 N–H and O–H groups in total. The zero-order valence-electron chi connectivity index (χ0n) is 17.3. The second kappa shape index (κ2) is 11.6. The quantitative estimate of drug-likeness (QED) is 0.185. The molecule has 7 heteroatoms. The highest BCUT2D eigenvalue weighted by molar-refractivity contribution is 14.0. The van der Waals surface area contributed by atoms with Gasteiger partial charge in [0.05, 0.1) is 24.7 Å². The van der Waals surface area contributed by atoms with Crippen LogP contribution in [0.25, 0.3) is 11.0 Å². The predicted octanol–water partition coefficient (Wildman–Crippen LogP) is 4.19. The third-order valence-electron chi connectivity index (χ3n) is 4.52. The molecular weight excluding hydrogens is 477 g/mol. The molecule has 0 spiro atoms. The molecule has 0 atom stereocenters. The molecule has 1 heterocycles. The van der Waals surface area contributed by atoms with E-state index in [2.05, 4.69) is 52.6 Å². The van der Waals surface area contributed by atoms with Crippen molar-refractivity contribution in [1.82, 2.24) is 20.6 Å². The maximum atomic E-state index is 5.47. The molecule has 0 unspecified atom stereocenters. The number of hydrogen-bond acceptors (Lipinski definition) is 3. The zero-order chi connectivity index (χ0) is 19.8. The van der Waals surface area contributed by atoms with Crippen molar-refractivity contribution in [2.75, 3.05) is 20.2 Å². The van der Waals surface area contributed by atoms with E-state index < -0.39 is 0 Å². The molecule has 29 heavy (non-hydrogen) atoms. The van der Waals surface area contributed by atoms with E-state index in [0.717, 1.165) is 60.1 Å². The number of nitrogens with zero attached hydrogens (tertiary/aromatic N) is 2. The number of aromatic nitrogens is 2. The summed E-state index contributed by atoms with van der Waals surface area (Å²) < 4.78 is 5.47. The van der Waals surface area contributed by atoms with Gasteiger partial charge >= 0.3 is 0 Å². The first kappa shape index (κ1) is 23.0. The number of aliphatic imine (C=N–C) groups is 1. The number of fused-ring (bicyclic) bond motifs is 1. The molecule has 0 bridgehead atoms. The van der Waals surface area contributed by atoms with E-state index in [9.17, 15) is 0 Å². The monoisotopic (exact) mass is 507 g/mol. The van der Waals surface area contributed by atoms with Gasteiger partial charge in [0, 0.05) is 25.1 Å². The number of halogens is 1. The van der Waals surface area contributed by atoms with Gasteiger partial charge in [-0.1, -0.05) is 24.3 Å². The molecule has 156 valence electrons. The van der Waals surface area contributed by atoms with Gasteiger partial charge in [0.1, 0.15) is 11.6 Å². The van der Waals surface area contributed by atoms with Gasteiger partial charge in [-0.15, -0.1) is 24.0 Å². The average Bonchev–Trinajstić information content (AvgIpc) is 3.12. The molecule has 0 radical (unpaired) electrons. The second-order valence-electron chi connectivity index (χ2n) is 6.74. The Kier molecular flexibility index (Phi) is 9.24. The van der Waals surface area contributed by atoms with Gasteiger partial charge in [0.15, 0.2) is 5.96 Å². The van der Waals surface area contributed by atoms with Gasteiger partial charge in [0.25, 0.3) is 0 Å². The lowest BCUT2D eigenvalue weighted by molar-refractivity contribution is 0.409. The third-order valence-corrected chi connectivity index (χ3v) is 4.52. The topological polar surface area (TPSA) is 74.3 Å². The number of imidazole rings is 1. The van der Waals surface area contributed by atoms with Crippen molar-refractivity contribution in [2.24, 2.45) is 4.99 Å². The van der Waals surface area contributed by atoms with E-state index in [-0.39, 0.29) is 24.0 Å². The minimum absolute atomic E-state index is 0. The van der Waals surface area contributed by atoms with E-state index >= 15 is 0 Å². The van der Waals surface area contributed by atoms with Crippen LogP contribution < -0.4 is 15.4 Å². The maximum Gasteiger partial charge on any atom is 0.191 e. The smallest absolute Gasteiger partial charge is 0.191 e. The van der Waals surface area contributed by atoms with Crippen LogP contribution in [-0.2, 0) is 13.0 Å². The molecule has 0 aliphatic carbocycles. The Labute approximate surface area is 189 Å². The lowest BCUT2D eigenvalue weighted by Gasteiger charge is -2.12. The van der Waals surface area contributed by atoms with Crippen LogP contribution in [0.3, 0.4) is 0 Å². The van der Waals surface area contributed by atoms with Crippen LogP contribution in [0.4, 0.5) is 0 Å². The van der Waals surface area contributed by atoms with Gasteiger partial charge in [-0.3, -0.25) is 0 Å². The first-order valence-corrected chi connectivity index (χ1v) is 9.79. The van der Waals surface area contributed by atoms with Crippen LogP contribution in [0.1, 0.15) is 30.3 Å². The first-order chi connectivity index (χ1) is 13.7. The zero-order valence-corrected chi connectivity index (χ0v) is 19.6. The Hall–Kier alpha value is -2.29. The molecule has 3 rings (SSSR count). The van der Waals surface area contributed by atoms with Crippen LogP contribution in [0, 0.1) is 6.92 Å². The summed E-state index contributed by atoms with van der Waals surface area (Å²) >= 11 is 0. The Morgan fingerprint density at radius 1 is 1.17 bits per heavy atom. The van der Waals surface area contributed by atoms with Crippen LogP contribution in [0.2, 0.25) is 0 Å². The SMILES string of the molecule is CCNC(=NCc1ccc(C)cc1OC)NCCCc1nc2ccccc2[nH]1.I. The van der Waals surface area contributed by atoms with Gasteiger partial charge in [-0.05, 0) is 44.0 Å². The highest BCUT2D eigenvalue weighted by atomic mass is 127. The molecule has 0 aliphatic rings. The van der Waals surface area contributed by atoms with Gasteiger partial charge in [0.2, 0.25) is 0 Å². The molecule has 3 aromatic rings. The summed E-state index contributed by atoms with van der Waals surface area (Å²) in [5.74, 6) is 2.72. The Morgan fingerprint density at radius 2 is 2.00 bits per heavy atom. The standard InChI is InChI=1S/C22H29N5O.HI/c1-4-23-22(25-15-17-12-11-16(2)14-20(17)28-3)24-13-7-10-21-26-18-8-5-6-9-19(18)27-21;/h5-6,8-9,11-12,14H,4,7,10,13,15H2,1-3H3,(H,26,27)(H2,23,24,25);1H. The minimum atomic E-state index is 0. The highest BCUT2D eigenvalue weighted by Crippen LogP contribution is 2.20. The molecule has 2 aromatic carbocycles. The molecule has 0 amide bonds. The molecule has 0 saturated heterocycles. The number of ether oxygens (including phenoxy) is 1. The van der Waals surface area contributed by atoms with Crippen molar-refractivity contribution >= 4 is 41.0 Å². The number of para-hydroxylation sites is 2. The molecule has 6 nitrogen and oxygen atoms in total. The lowest BCUT2D eigenvalue weighted by atomic mass is 10.1. The molecule has 0 saturated carbocycles.